The van der Waals surface area contributed by atoms with Gasteiger partial charge in [0.05, 0.1) is 19.4 Å². The highest BCUT2D eigenvalue weighted by Gasteiger charge is 2.13. The highest BCUT2D eigenvalue weighted by molar-refractivity contribution is 6.30. The van der Waals surface area contributed by atoms with Crippen LogP contribution in [0.4, 0.5) is 0 Å². The molecule has 0 spiro atoms. The first-order valence-electron chi connectivity index (χ1n) is 8.17. The number of benzene rings is 1. The summed E-state index contributed by atoms with van der Waals surface area (Å²) in [5.74, 6) is 0.686. The van der Waals surface area contributed by atoms with E-state index in [2.05, 4.69) is 10.9 Å². The fourth-order valence-corrected chi connectivity index (χ4v) is 2.56. The number of carbonyl (C=O) groups is 2. The van der Waals surface area contributed by atoms with Crippen molar-refractivity contribution < 1.29 is 18.4 Å². The molecule has 0 fully saturated rings. The lowest BCUT2D eigenvalue weighted by molar-refractivity contribution is -0.122. The fraction of sp³-hybridized carbons (Fsp3) is 0.158. The Hall–Kier alpha value is -3.03. The number of hydrazine groups is 1. The summed E-state index contributed by atoms with van der Waals surface area (Å²) < 4.78 is 10.7. The second-order valence-electron chi connectivity index (χ2n) is 5.92. The second-order valence-corrected chi connectivity index (χ2v) is 6.36. The number of nitrogens with one attached hydrogen (secondary N) is 2. The molecule has 2 heterocycles. The predicted molar refractivity (Wildman–Crippen MR) is 99.8 cm³/mol. The molecule has 27 heavy (non-hydrogen) atoms. The van der Waals surface area contributed by atoms with E-state index in [0.29, 0.717) is 11.6 Å². The van der Waals surface area contributed by atoms with Crippen LogP contribution >= 0.6 is 11.6 Å². The van der Waals surface area contributed by atoms with Crippen LogP contribution < -0.4 is 10.9 Å². The zero-order valence-corrected chi connectivity index (χ0v) is 15.3. The molecule has 0 aliphatic rings. The van der Waals surface area contributed by atoms with Crippen LogP contribution in [0, 0.1) is 0 Å². The zero-order chi connectivity index (χ0) is 19.2. The van der Waals surface area contributed by atoms with Crippen LogP contribution in [0.1, 0.15) is 16.3 Å². The summed E-state index contributed by atoms with van der Waals surface area (Å²) in [7, 11) is 1.78. The minimum atomic E-state index is -0.519. The lowest BCUT2D eigenvalue weighted by Crippen LogP contribution is -2.45. The van der Waals surface area contributed by atoms with E-state index in [-0.39, 0.29) is 18.2 Å². The normalized spacial score (nSPS) is 10.8. The van der Waals surface area contributed by atoms with Gasteiger partial charge in [0.25, 0.3) is 5.91 Å². The van der Waals surface area contributed by atoms with E-state index in [1.54, 1.807) is 30.1 Å². The van der Waals surface area contributed by atoms with Crippen LogP contribution in [0.3, 0.4) is 0 Å². The zero-order valence-electron chi connectivity index (χ0n) is 14.6. The van der Waals surface area contributed by atoms with Gasteiger partial charge >= 0.3 is 5.91 Å². The monoisotopic (exact) mass is 387 g/mol. The number of hydrogen-bond acceptors (Lipinski definition) is 5. The van der Waals surface area contributed by atoms with Gasteiger partial charge in [-0.25, -0.2) is 0 Å². The van der Waals surface area contributed by atoms with Crippen molar-refractivity contribution in [3.63, 3.8) is 0 Å². The van der Waals surface area contributed by atoms with Gasteiger partial charge in [0.15, 0.2) is 5.76 Å². The first-order valence-corrected chi connectivity index (χ1v) is 8.55. The lowest BCUT2D eigenvalue weighted by atomic mass is 10.2. The number of carbonyl (C=O) groups excluding carboxylic acids is 2. The van der Waals surface area contributed by atoms with Gasteiger partial charge in [-0.3, -0.25) is 25.3 Å². The molecule has 0 atom stereocenters. The van der Waals surface area contributed by atoms with Gasteiger partial charge in [-0.15, -0.1) is 0 Å². The summed E-state index contributed by atoms with van der Waals surface area (Å²) in [6, 6.07) is 14.2. The lowest BCUT2D eigenvalue weighted by Gasteiger charge is -2.14. The van der Waals surface area contributed by atoms with Crippen LogP contribution in [0.2, 0.25) is 5.02 Å². The number of likely N-dealkylation sites (N-methyl/N-ethyl adjacent to an activating group) is 1. The Morgan fingerprint density at radius 2 is 1.85 bits per heavy atom. The van der Waals surface area contributed by atoms with Crippen molar-refractivity contribution in [1.82, 2.24) is 15.8 Å². The largest absolute Gasteiger partial charge is 0.460 e. The SMILES string of the molecule is CN(CC(=O)NNC(=O)c1ccco1)Cc1ccc(-c2ccc(Cl)cc2)o1. The molecule has 0 radical (unpaired) electrons. The van der Waals surface area contributed by atoms with Gasteiger partial charge < -0.3 is 8.83 Å². The molecule has 0 unspecified atom stereocenters. The van der Waals surface area contributed by atoms with Crippen LogP contribution in [0.15, 0.2) is 63.6 Å². The van der Waals surface area contributed by atoms with Crippen molar-refractivity contribution in [2.45, 2.75) is 6.54 Å². The molecule has 1 aromatic carbocycles. The summed E-state index contributed by atoms with van der Waals surface area (Å²) in [5, 5.41) is 0.662. The molecule has 2 amide bonds. The third-order valence-corrected chi connectivity index (χ3v) is 3.94. The molecule has 0 saturated heterocycles. The van der Waals surface area contributed by atoms with E-state index in [9.17, 15) is 9.59 Å². The highest BCUT2D eigenvalue weighted by Crippen LogP contribution is 2.24. The fourth-order valence-electron chi connectivity index (χ4n) is 2.43. The van der Waals surface area contributed by atoms with Crippen molar-refractivity contribution in [2.75, 3.05) is 13.6 Å². The van der Waals surface area contributed by atoms with Crippen LogP contribution in [-0.4, -0.2) is 30.3 Å². The van der Waals surface area contributed by atoms with Crippen molar-refractivity contribution in [2.24, 2.45) is 0 Å². The van der Waals surface area contributed by atoms with E-state index >= 15 is 0 Å². The van der Waals surface area contributed by atoms with Crippen LogP contribution in [-0.2, 0) is 11.3 Å². The van der Waals surface area contributed by atoms with Crippen LogP contribution in [0.25, 0.3) is 11.3 Å². The third kappa shape index (κ3) is 5.22. The summed E-state index contributed by atoms with van der Waals surface area (Å²) in [4.78, 5) is 25.4. The predicted octanol–water partition coefficient (Wildman–Crippen LogP) is 3.09. The second kappa shape index (κ2) is 8.57. The maximum absolute atomic E-state index is 11.9. The van der Waals surface area contributed by atoms with E-state index in [1.165, 1.54) is 12.3 Å². The maximum atomic E-state index is 11.9. The minimum Gasteiger partial charge on any atom is -0.460 e. The first-order chi connectivity index (χ1) is 13.0. The Bertz CT molecular complexity index is 903. The molecule has 3 aromatic rings. The number of halogens is 1. The van der Waals surface area contributed by atoms with E-state index < -0.39 is 5.91 Å². The molecule has 8 heteroatoms. The number of furan rings is 2. The van der Waals surface area contributed by atoms with Gasteiger partial charge in [-0.1, -0.05) is 11.6 Å². The smallest absolute Gasteiger partial charge is 0.305 e. The van der Waals surface area contributed by atoms with E-state index in [4.69, 9.17) is 20.4 Å². The van der Waals surface area contributed by atoms with Crippen molar-refractivity contribution >= 4 is 23.4 Å². The minimum absolute atomic E-state index is 0.0788. The Kier molecular flexibility index (Phi) is 5.95. The molecule has 3 rings (SSSR count). The Balaban J connectivity index is 1.47. The van der Waals surface area contributed by atoms with E-state index in [1.807, 2.05) is 24.3 Å². The topological polar surface area (TPSA) is 87.7 Å². The van der Waals surface area contributed by atoms with Gasteiger partial charge in [-0.2, -0.15) is 0 Å². The molecule has 0 saturated carbocycles. The van der Waals surface area contributed by atoms with E-state index in [0.717, 1.165) is 17.1 Å². The van der Waals surface area contributed by atoms with Crippen LogP contribution in [0.5, 0.6) is 0 Å². The maximum Gasteiger partial charge on any atom is 0.305 e. The Morgan fingerprint density at radius 3 is 2.56 bits per heavy atom. The first kappa shape index (κ1) is 18.8. The average molecular weight is 388 g/mol. The Morgan fingerprint density at radius 1 is 1.07 bits per heavy atom. The van der Waals surface area contributed by atoms with Gasteiger partial charge in [0, 0.05) is 10.6 Å². The highest BCUT2D eigenvalue weighted by atomic mass is 35.5. The van der Waals surface area contributed by atoms with Crippen molar-refractivity contribution in [3.8, 4) is 11.3 Å². The number of amides is 2. The quantitative estimate of drug-likeness (QED) is 0.634. The molecule has 2 aromatic heterocycles. The summed E-state index contributed by atoms with van der Waals surface area (Å²) in [6.45, 7) is 0.516. The number of rotatable bonds is 6. The van der Waals surface area contributed by atoms with Crippen molar-refractivity contribution in [3.05, 3.63) is 71.3 Å². The molecule has 140 valence electrons. The molecular formula is C19H18ClN3O4. The molecule has 2 N–H and O–H groups in total. The average Bonchev–Trinajstić information content (AvgIpc) is 3.32. The van der Waals surface area contributed by atoms with Gasteiger partial charge in [-0.05, 0) is 55.6 Å². The third-order valence-electron chi connectivity index (χ3n) is 3.69. The summed E-state index contributed by atoms with van der Waals surface area (Å²) >= 11 is 5.89. The molecule has 0 aliphatic carbocycles. The Labute approximate surface area is 160 Å². The van der Waals surface area contributed by atoms with Gasteiger partial charge in [0.1, 0.15) is 11.5 Å². The molecule has 0 aliphatic heterocycles. The number of nitrogens with zero attached hydrogens (tertiary/aromatic N) is 1. The number of hydrogen-bond donors (Lipinski definition) is 2. The van der Waals surface area contributed by atoms with Crippen molar-refractivity contribution in [1.29, 1.82) is 0 Å². The van der Waals surface area contributed by atoms with Gasteiger partial charge in [0.2, 0.25) is 0 Å². The summed E-state index contributed by atoms with van der Waals surface area (Å²) in [6.07, 6.45) is 1.38. The molecule has 7 nitrogen and oxygen atoms in total. The molecule has 0 bridgehead atoms. The molecular weight excluding hydrogens is 370 g/mol. The summed E-state index contributed by atoms with van der Waals surface area (Å²) in [5.41, 5.74) is 5.55. The standard InChI is InChI=1S/C19H18ClN3O4/c1-23(12-18(24)21-22-19(25)17-3-2-10-26-17)11-15-8-9-16(27-15)13-4-6-14(20)7-5-13/h2-10H,11-12H2,1H3,(H,21,24)(H,22,25).